The van der Waals surface area contributed by atoms with E-state index in [2.05, 4.69) is 25.8 Å². The molecule has 0 saturated carbocycles. The second-order valence-electron chi connectivity index (χ2n) is 6.37. The monoisotopic (exact) mass is 452 g/mol. The number of carbonyl (C=O) groups excluding carboxylic acids is 1. The number of fused-ring (bicyclic) bond motifs is 1. The SMILES string of the molecule is Cc1nc(C)c(C(=O)N(CCCN(C)C)c2nc3ccc(Br)cc3s2)s1. The molecule has 3 rings (SSSR count). The van der Waals surface area contributed by atoms with E-state index in [1.807, 2.05) is 51.0 Å². The Morgan fingerprint density at radius 2 is 1.92 bits per heavy atom. The maximum atomic E-state index is 13.2. The zero-order valence-corrected chi connectivity index (χ0v) is 18.5. The highest BCUT2D eigenvalue weighted by molar-refractivity contribution is 9.10. The molecule has 0 fully saturated rings. The van der Waals surface area contributed by atoms with Crippen LogP contribution in [-0.4, -0.2) is 48.0 Å². The third-order valence-corrected chi connectivity index (χ3v) is 6.50. The van der Waals surface area contributed by atoms with Gasteiger partial charge in [-0.25, -0.2) is 9.97 Å². The van der Waals surface area contributed by atoms with Crippen molar-refractivity contribution in [2.45, 2.75) is 20.3 Å². The average Bonchev–Trinajstić information content (AvgIpc) is 3.12. The number of amides is 1. The van der Waals surface area contributed by atoms with Crippen molar-refractivity contribution in [1.29, 1.82) is 0 Å². The summed E-state index contributed by atoms with van der Waals surface area (Å²) in [6.07, 6.45) is 0.884. The van der Waals surface area contributed by atoms with Crippen molar-refractivity contribution in [3.63, 3.8) is 0 Å². The van der Waals surface area contributed by atoms with Gasteiger partial charge in [0.05, 0.1) is 20.9 Å². The zero-order chi connectivity index (χ0) is 18.8. The van der Waals surface area contributed by atoms with Crippen LogP contribution in [0.5, 0.6) is 0 Å². The van der Waals surface area contributed by atoms with Gasteiger partial charge in [-0.1, -0.05) is 27.3 Å². The molecule has 0 aliphatic carbocycles. The van der Waals surface area contributed by atoms with Crippen LogP contribution in [0.4, 0.5) is 5.13 Å². The fourth-order valence-electron chi connectivity index (χ4n) is 2.68. The third kappa shape index (κ3) is 4.31. The van der Waals surface area contributed by atoms with Gasteiger partial charge in [-0.2, -0.15) is 0 Å². The molecule has 2 aromatic heterocycles. The number of hydrogen-bond acceptors (Lipinski definition) is 6. The van der Waals surface area contributed by atoms with Crippen LogP contribution < -0.4 is 4.90 Å². The minimum atomic E-state index is -0.00928. The molecule has 0 aliphatic heterocycles. The number of benzene rings is 1. The summed E-state index contributed by atoms with van der Waals surface area (Å²) in [4.78, 5) is 27.0. The number of halogens is 1. The van der Waals surface area contributed by atoms with E-state index in [0.29, 0.717) is 11.4 Å². The lowest BCUT2D eigenvalue weighted by Gasteiger charge is -2.20. The fraction of sp³-hybridized carbons (Fsp3) is 0.389. The first-order valence-electron chi connectivity index (χ1n) is 8.32. The maximum Gasteiger partial charge on any atom is 0.272 e. The molecule has 2 heterocycles. The van der Waals surface area contributed by atoms with Gasteiger partial charge in [0.15, 0.2) is 5.13 Å². The van der Waals surface area contributed by atoms with Gasteiger partial charge in [-0.05, 0) is 59.1 Å². The molecule has 0 atom stereocenters. The van der Waals surface area contributed by atoms with Crippen LogP contribution in [0.25, 0.3) is 10.2 Å². The lowest BCUT2D eigenvalue weighted by Crippen LogP contribution is -2.33. The van der Waals surface area contributed by atoms with Crippen LogP contribution in [0.2, 0.25) is 0 Å². The van der Waals surface area contributed by atoms with Crippen molar-refractivity contribution < 1.29 is 4.79 Å². The van der Waals surface area contributed by atoms with Gasteiger partial charge in [0, 0.05) is 11.0 Å². The predicted octanol–water partition coefficient (Wildman–Crippen LogP) is 4.73. The summed E-state index contributed by atoms with van der Waals surface area (Å²) in [5, 5.41) is 1.65. The van der Waals surface area contributed by atoms with Crippen LogP contribution in [0.1, 0.15) is 26.8 Å². The zero-order valence-electron chi connectivity index (χ0n) is 15.2. The first-order chi connectivity index (χ1) is 12.3. The molecule has 8 heteroatoms. The first-order valence-corrected chi connectivity index (χ1v) is 10.7. The van der Waals surface area contributed by atoms with Crippen LogP contribution >= 0.6 is 38.6 Å². The summed E-state index contributed by atoms with van der Waals surface area (Å²) in [6.45, 7) is 5.37. The van der Waals surface area contributed by atoms with Crippen molar-refractivity contribution >= 4 is 59.9 Å². The molecule has 0 spiro atoms. The highest BCUT2D eigenvalue weighted by Gasteiger charge is 2.24. The standard InChI is InChI=1S/C18H21BrN4OS2/c1-11-16(25-12(2)20-11)17(24)23(9-5-8-22(3)4)18-21-14-7-6-13(19)10-15(14)26-18/h6-7,10H,5,8-9H2,1-4H3. The second kappa shape index (κ2) is 8.12. The van der Waals surface area contributed by atoms with Crippen molar-refractivity contribution in [3.8, 4) is 0 Å². The highest BCUT2D eigenvalue weighted by Crippen LogP contribution is 2.32. The van der Waals surface area contributed by atoms with E-state index in [9.17, 15) is 4.79 Å². The van der Waals surface area contributed by atoms with Gasteiger partial charge < -0.3 is 4.90 Å². The van der Waals surface area contributed by atoms with E-state index >= 15 is 0 Å². The Labute approximate surface area is 169 Å². The Balaban J connectivity index is 1.95. The number of anilines is 1. The van der Waals surface area contributed by atoms with E-state index in [4.69, 9.17) is 4.98 Å². The molecule has 1 aromatic carbocycles. The van der Waals surface area contributed by atoms with Crippen LogP contribution in [0.15, 0.2) is 22.7 Å². The molecule has 3 aromatic rings. The van der Waals surface area contributed by atoms with Crippen molar-refractivity contribution in [2.24, 2.45) is 0 Å². The molecule has 0 bridgehead atoms. The minimum Gasteiger partial charge on any atom is -0.309 e. The van der Waals surface area contributed by atoms with Gasteiger partial charge in [-0.3, -0.25) is 9.69 Å². The highest BCUT2D eigenvalue weighted by atomic mass is 79.9. The largest absolute Gasteiger partial charge is 0.309 e. The van der Waals surface area contributed by atoms with Gasteiger partial charge in [0.2, 0.25) is 0 Å². The molecule has 1 amide bonds. The number of aryl methyl sites for hydroxylation is 2. The lowest BCUT2D eigenvalue weighted by atomic mass is 10.3. The molecule has 0 N–H and O–H groups in total. The molecule has 26 heavy (non-hydrogen) atoms. The van der Waals surface area contributed by atoms with Crippen molar-refractivity contribution in [2.75, 3.05) is 32.1 Å². The lowest BCUT2D eigenvalue weighted by molar-refractivity contribution is 0.0989. The number of rotatable bonds is 6. The summed E-state index contributed by atoms with van der Waals surface area (Å²) < 4.78 is 2.08. The van der Waals surface area contributed by atoms with Gasteiger partial charge in [0.25, 0.3) is 5.91 Å². The van der Waals surface area contributed by atoms with Gasteiger partial charge in [0.1, 0.15) is 4.88 Å². The maximum absolute atomic E-state index is 13.2. The molecule has 0 aliphatic rings. The van der Waals surface area contributed by atoms with Gasteiger partial charge >= 0.3 is 0 Å². The van der Waals surface area contributed by atoms with E-state index in [1.54, 1.807) is 11.3 Å². The Morgan fingerprint density at radius 3 is 2.58 bits per heavy atom. The number of aromatic nitrogens is 2. The van der Waals surface area contributed by atoms with E-state index in [1.165, 1.54) is 11.3 Å². The number of nitrogens with zero attached hydrogens (tertiary/aromatic N) is 4. The summed E-state index contributed by atoms with van der Waals surface area (Å²) in [7, 11) is 4.08. The normalized spacial score (nSPS) is 11.5. The Bertz CT molecular complexity index is 935. The van der Waals surface area contributed by atoms with E-state index < -0.39 is 0 Å². The number of carbonyl (C=O) groups is 1. The Hall–Kier alpha value is -1.35. The van der Waals surface area contributed by atoms with E-state index in [0.717, 1.165) is 43.5 Å². The van der Waals surface area contributed by atoms with Crippen molar-refractivity contribution in [3.05, 3.63) is 38.3 Å². The number of hydrogen-bond donors (Lipinski definition) is 0. The van der Waals surface area contributed by atoms with Crippen molar-refractivity contribution in [1.82, 2.24) is 14.9 Å². The Morgan fingerprint density at radius 1 is 1.15 bits per heavy atom. The van der Waals surface area contributed by atoms with Crippen LogP contribution in [0.3, 0.4) is 0 Å². The predicted molar refractivity (Wildman–Crippen MR) is 114 cm³/mol. The molecular formula is C18H21BrN4OS2. The average molecular weight is 453 g/mol. The summed E-state index contributed by atoms with van der Waals surface area (Å²) in [5.74, 6) is -0.00928. The van der Waals surface area contributed by atoms with Crippen LogP contribution in [0, 0.1) is 13.8 Å². The second-order valence-corrected chi connectivity index (χ2v) is 9.50. The fourth-order valence-corrected chi connectivity index (χ4v) is 5.09. The first kappa shape index (κ1) is 19.4. The topological polar surface area (TPSA) is 49.3 Å². The smallest absolute Gasteiger partial charge is 0.272 e. The quantitative estimate of drug-likeness (QED) is 0.542. The summed E-state index contributed by atoms with van der Waals surface area (Å²) >= 11 is 6.50. The molecule has 0 saturated heterocycles. The molecular weight excluding hydrogens is 432 g/mol. The molecule has 5 nitrogen and oxygen atoms in total. The Kier molecular flexibility index (Phi) is 6.06. The summed E-state index contributed by atoms with van der Waals surface area (Å²) in [6, 6.07) is 5.99. The van der Waals surface area contributed by atoms with Crippen LogP contribution in [-0.2, 0) is 0 Å². The van der Waals surface area contributed by atoms with E-state index in [-0.39, 0.29) is 5.91 Å². The summed E-state index contributed by atoms with van der Waals surface area (Å²) in [5.41, 5.74) is 1.70. The van der Waals surface area contributed by atoms with Gasteiger partial charge in [-0.15, -0.1) is 11.3 Å². The number of thiazole rings is 2. The molecule has 138 valence electrons. The minimum absolute atomic E-state index is 0.00928. The molecule has 0 unspecified atom stereocenters. The molecule has 0 radical (unpaired) electrons. The third-order valence-electron chi connectivity index (χ3n) is 3.90.